The molecular formula is C30H58O3. The van der Waals surface area contributed by atoms with Crippen LogP contribution in [0.5, 0.6) is 0 Å². The van der Waals surface area contributed by atoms with E-state index < -0.39 is 6.16 Å². The highest BCUT2D eigenvalue weighted by atomic mass is 16.7. The Morgan fingerprint density at radius 2 is 1.09 bits per heavy atom. The average Bonchev–Trinajstić information content (AvgIpc) is 2.77. The first-order valence-corrected chi connectivity index (χ1v) is 14.5. The third-order valence-corrected chi connectivity index (χ3v) is 6.46. The maximum absolute atomic E-state index is 12.5. The number of unbranched alkanes of at least 4 members (excludes halogenated alkanes) is 14. The van der Waals surface area contributed by atoms with Gasteiger partial charge in [0.2, 0.25) is 0 Å². The molecule has 0 amide bonds. The Morgan fingerprint density at radius 1 is 0.636 bits per heavy atom. The molecular weight excluding hydrogens is 408 g/mol. The molecule has 0 saturated heterocycles. The molecule has 0 aromatic heterocycles. The quantitative estimate of drug-likeness (QED) is 0.0904. The van der Waals surface area contributed by atoms with Gasteiger partial charge < -0.3 is 9.47 Å². The Balaban J connectivity index is 4.42. The van der Waals surface area contributed by atoms with Gasteiger partial charge in [-0.25, -0.2) is 4.79 Å². The monoisotopic (exact) mass is 466 g/mol. The SMILES string of the molecule is CCCCCCCC/C=C/C(CCCCCCCCCCC)OC(=O)OC(C(C)C)C(C)C. The lowest BCUT2D eigenvalue weighted by molar-refractivity contribution is -0.0222. The minimum absolute atomic E-state index is 0.0991. The van der Waals surface area contributed by atoms with Crippen molar-refractivity contribution in [2.45, 2.75) is 163 Å². The number of carbonyl (C=O) groups is 1. The molecule has 0 N–H and O–H groups in total. The van der Waals surface area contributed by atoms with Gasteiger partial charge in [0.15, 0.2) is 0 Å². The van der Waals surface area contributed by atoms with Crippen molar-refractivity contribution < 1.29 is 14.3 Å². The third-order valence-electron chi connectivity index (χ3n) is 6.46. The average molecular weight is 467 g/mol. The minimum Gasteiger partial charge on any atom is -0.430 e. The zero-order valence-electron chi connectivity index (χ0n) is 23.2. The van der Waals surface area contributed by atoms with Gasteiger partial charge in [0.1, 0.15) is 12.2 Å². The fourth-order valence-electron chi connectivity index (χ4n) is 4.45. The molecule has 0 aliphatic rings. The molecule has 0 saturated carbocycles. The van der Waals surface area contributed by atoms with Crippen LogP contribution in [-0.2, 0) is 9.47 Å². The van der Waals surface area contributed by atoms with Crippen LogP contribution in [0.25, 0.3) is 0 Å². The number of allylic oxidation sites excluding steroid dienone is 1. The lowest BCUT2D eigenvalue weighted by atomic mass is 9.96. The summed E-state index contributed by atoms with van der Waals surface area (Å²) in [6.07, 6.45) is 25.1. The van der Waals surface area contributed by atoms with Gasteiger partial charge in [-0.15, -0.1) is 0 Å². The van der Waals surface area contributed by atoms with E-state index in [4.69, 9.17) is 9.47 Å². The largest absolute Gasteiger partial charge is 0.509 e. The summed E-state index contributed by atoms with van der Waals surface area (Å²) in [5.74, 6) is 0.577. The number of hydrogen-bond acceptors (Lipinski definition) is 3. The van der Waals surface area contributed by atoms with Gasteiger partial charge in [-0.05, 0) is 43.6 Å². The van der Waals surface area contributed by atoms with Crippen LogP contribution in [0.15, 0.2) is 12.2 Å². The molecule has 1 atom stereocenters. The van der Waals surface area contributed by atoms with Gasteiger partial charge in [0.05, 0.1) is 0 Å². The van der Waals surface area contributed by atoms with E-state index in [9.17, 15) is 4.79 Å². The molecule has 33 heavy (non-hydrogen) atoms. The summed E-state index contributed by atoms with van der Waals surface area (Å²) in [6.45, 7) is 12.9. The van der Waals surface area contributed by atoms with Crippen molar-refractivity contribution >= 4 is 6.16 Å². The van der Waals surface area contributed by atoms with Gasteiger partial charge in [0.25, 0.3) is 0 Å². The normalized spacial score (nSPS) is 12.9. The number of rotatable bonds is 22. The molecule has 0 aromatic rings. The first kappa shape index (κ1) is 32.0. The van der Waals surface area contributed by atoms with Crippen LogP contribution >= 0.6 is 0 Å². The summed E-state index contributed by atoms with van der Waals surface area (Å²) in [7, 11) is 0. The molecule has 3 heteroatoms. The summed E-state index contributed by atoms with van der Waals surface area (Å²) in [6, 6.07) is 0. The van der Waals surface area contributed by atoms with Crippen LogP contribution in [0, 0.1) is 11.8 Å². The highest BCUT2D eigenvalue weighted by Gasteiger charge is 2.24. The maximum Gasteiger partial charge on any atom is 0.509 e. The van der Waals surface area contributed by atoms with E-state index in [-0.39, 0.29) is 24.0 Å². The zero-order valence-corrected chi connectivity index (χ0v) is 23.2. The molecule has 3 nitrogen and oxygen atoms in total. The fourth-order valence-corrected chi connectivity index (χ4v) is 4.45. The molecule has 0 bridgehead atoms. The summed E-state index contributed by atoms with van der Waals surface area (Å²) in [5, 5.41) is 0. The van der Waals surface area contributed by atoms with Crippen molar-refractivity contribution in [2.24, 2.45) is 11.8 Å². The van der Waals surface area contributed by atoms with Crippen molar-refractivity contribution in [3.63, 3.8) is 0 Å². The fraction of sp³-hybridized carbons (Fsp3) is 0.900. The molecule has 1 unspecified atom stereocenters. The van der Waals surface area contributed by atoms with E-state index in [2.05, 4.69) is 53.7 Å². The Hall–Kier alpha value is -0.990. The van der Waals surface area contributed by atoms with Crippen molar-refractivity contribution in [3.8, 4) is 0 Å². The van der Waals surface area contributed by atoms with E-state index in [1.54, 1.807) is 0 Å². The Bertz CT molecular complexity index is 447. The molecule has 0 rings (SSSR count). The van der Waals surface area contributed by atoms with Crippen LogP contribution in [0.1, 0.15) is 151 Å². The number of carbonyl (C=O) groups excluding carboxylic acids is 1. The van der Waals surface area contributed by atoms with Crippen molar-refractivity contribution in [3.05, 3.63) is 12.2 Å². The van der Waals surface area contributed by atoms with Crippen LogP contribution in [0.4, 0.5) is 4.79 Å². The van der Waals surface area contributed by atoms with Crippen LogP contribution in [0.2, 0.25) is 0 Å². The smallest absolute Gasteiger partial charge is 0.430 e. The Kier molecular flexibility index (Phi) is 22.1. The van der Waals surface area contributed by atoms with E-state index in [1.807, 2.05) is 0 Å². The van der Waals surface area contributed by atoms with Gasteiger partial charge in [0, 0.05) is 0 Å². The zero-order chi connectivity index (χ0) is 24.7. The predicted octanol–water partition coefficient (Wildman–Crippen LogP) is 10.4. The highest BCUT2D eigenvalue weighted by molar-refractivity contribution is 5.60. The van der Waals surface area contributed by atoms with Crippen LogP contribution in [-0.4, -0.2) is 18.4 Å². The number of hydrogen-bond donors (Lipinski definition) is 0. The Morgan fingerprint density at radius 3 is 1.58 bits per heavy atom. The predicted molar refractivity (Wildman–Crippen MR) is 144 cm³/mol. The van der Waals surface area contributed by atoms with Crippen LogP contribution < -0.4 is 0 Å². The third kappa shape index (κ3) is 20.1. The van der Waals surface area contributed by atoms with Gasteiger partial charge in [-0.1, -0.05) is 131 Å². The van der Waals surface area contributed by atoms with E-state index in [0.29, 0.717) is 0 Å². The lowest BCUT2D eigenvalue weighted by Crippen LogP contribution is -2.30. The van der Waals surface area contributed by atoms with E-state index in [0.717, 1.165) is 19.3 Å². The van der Waals surface area contributed by atoms with Crippen molar-refractivity contribution in [1.82, 2.24) is 0 Å². The first-order valence-electron chi connectivity index (χ1n) is 14.5. The molecule has 0 aliphatic carbocycles. The summed E-state index contributed by atoms with van der Waals surface area (Å²) < 4.78 is 11.4. The Labute approximate surface area is 207 Å². The second-order valence-electron chi connectivity index (χ2n) is 10.6. The molecule has 0 fully saturated rings. The first-order chi connectivity index (χ1) is 15.9. The van der Waals surface area contributed by atoms with E-state index >= 15 is 0 Å². The highest BCUT2D eigenvalue weighted by Crippen LogP contribution is 2.19. The molecule has 0 spiro atoms. The van der Waals surface area contributed by atoms with E-state index in [1.165, 1.54) is 89.9 Å². The molecule has 0 heterocycles. The topological polar surface area (TPSA) is 35.5 Å². The standard InChI is InChI=1S/C30H58O3/c1-7-9-11-13-15-17-19-21-23-25-28(24-22-20-18-16-14-12-10-8-2)32-30(31)33-29(26(3)4)27(5)6/h22,24,26-29H,7-21,23,25H2,1-6H3/b24-22+. The molecule has 0 radical (unpaired) electrons. The second kappa shape index (κ2) is 22.8. The minimum atomic E-state index is -0.507. The molecule has 196 valence electrons. The summed E-state index contributed by atoms with van der Waals surface area (Å²) in [5.41, 5.74) is 0. The van der Waals surface area contributed by atoms with Gasteiger partial charge >= 0.3 is 6.16 Å². The molecule has 0 aliphatic heterocycles. The summed E-state index contributed by atoms with van der Waals surface area (Å²) in [4.78, 5) is 12.5. The van der Waals surface area contributed by atoms with Crippen LogP contribution in [0.3, 0.4) is 0 Å². The van der Waals surface area contributed by atoms with Gasteiger partial charge in [-0.2, -0.15) is 0 Å². The summed E-state index contributed by atoms with van der Waals surface area (Å²) >= 11 is 0. The molecule has 0 aromatic carbocycles. The second-order valence-corrected chi connectivity index (χ2v) is 10.6. The van der Waals surface area contributed by atoms with Crippen molar-refractivity contribution in [2.75, 3.05) is 0 Å². The lowest BCUT2D eigenvalue weighted by Gasteiger charge is -2.25. The number of ether oxygens (including phenoxy) is 2. The van der Waals surface area contributed by atoms with Gasteiger partial charge in [-0.3, -0.25) is 0 Å². The maximum atomic E-state index is 12.5. The van der Waals surface area contributed by atoms with Crippen molar-refractivity contribution in [1.29, 1.82) is 0 Å².